The number of ether oxygens (including phenoxy) is 1. The average molecular weight is 250 g/mol. The van der Waals surface area contributed by atoms with Crippen LogP contribution in [-0.2, 0) is 0 Å². The summed E-state index contributed by atoms with van der Waals surface area (Å²) in [6, 6.07) is 1.85. The molecule has 0 spiro atoms. The Hall–Kier alpha value is -1.68. The van der Waals surface area contributed by atoms with Gasteiger partial charge in [-0.25, -0.2) is 4.98 Å². The molecule has 2 heterocycles. The predicted molar refractivity (Wildman–Crippen MR) is 66.0 cm³/mol. The van der Waals surface area contributed by atoms with E-state index in [4.69, 9.17) is 16.3 Å². The predicted octanol–water partition coefficient (Wildman–Crippen LogP) is 2.98. The van der Waals surface area contributed by atoms with Gasteiger partial charge in [0.2, 0.25) is 0 Å². The Morgan fingerprint density at radius 1 is 1.18 bits per heavy atom. The molecule has 0 bridgehead atoms. The van der Waals surface area contributed by atoms with Gasteiger partial charge in [-0.3, -0.25) is 9.97 Å². The zero-order valence-corrected chi connectivity index (χ0v) is 10.3. The fourth-order valence-electron chi connectivity index (χ4n) is 1.40. The van der Waals surface area contributed by atoms with Crippen LogP contribution >= 0.6 is 11.6 Å². The Kier molecular flexibility index (Phi) is 3.54. The van der Waals surface area contributed by atoms with Crippen molar-refractivity contribution >= 4 is 11.6 Å². The Morgan fingerprint density at radius 3 is 2.65 bits per heavy atom. The molecule has 0 unspecified atom stereocenters. The number of aromatic nitrogens is 3. The van der Waals surface area contributed by atoms with Gasteiger partial charge in [-0.05, 0) is 19.9 Å². The van der Waals surface area contributed by atoms with Gasteiger partial charge in [-0.2, -0.15) is 0 Å². The highest BCUT2D eigenvalue weighted by molar-refractivity contribution is 6.31. The summed E-state index contributed by atoms with van der Waals surface area (Å²) < 4.78 is 5.56. The molecule has 88 valence electrons. The molecule has 0 aromatic carbocycles. The molecule has 0 amide bonds. The van der Waals surface area contributed by atoms with Crippen LogP contribution in [0.3, 0.4) is 0 Å². The molecule has 2 aromatic rings. The van der Waals surface area contributed by atoms with Crippen molar-refractivity contribution in [1.29, 1.82) is 0 Å². The molecule has 0 aliphatic carbocycles. The third-order valence-electron chi connectivity index (χ3n) is 2.01. The largest absolute Gasteiger partial charge is 0.489 e. The van der Waals surface area contributed by atoms with E-state index in [0.717, 1.165) is 5.56 Å². The van der Waals surface area contributed by atoms with Crippen molar-refractivity contribution in [2.45, 2.75) is 20.0 Å². The highest BCUT2D eigenvalue weighted by atomic mass is 35.5. The van der Waals surface area contributed by atoms with Crippen LogP contribution in [0.2, 0.25) is 5.15 Å². The summed E-state index contributed by atoms with van der Waals surface area (Å²) in [6.45, 7) is 3.92. The van der Waals surface area contributed by atoms with Gasteiger partial charge in [0.1, 0.15) is 11.4 Å². The van der Waals surface area contributed by atoms with E-state index >= 15 is 0 Å². The van der Waals surface area contributed by atoms with Crippen molar-refractivity contribution in [1.82, 2.24) is 15.0 Å². The third-order valence-corrected chi connectivity index (χ3v) is 2.29. The van der Waals surface area contributed by atoms with Crippen molar-refractivity contribution in [3.8, 4) is 17.0 Å². The number of halogens is 1. The first-order chi connectivity index (χ1) is 8.16. The molecule has 2 aromatic heterocycles. The molecule has 0 saturated heterocycles. The highest BCUT2D eigenvalue weighted by Gasteiger charge is 2.07. The first-order valence-electron chi connectivity index (χ1n) is 5.25. The van der Waals surface area contributed by atoms with E-state index < -0.39 is 0 Å². The van der Waals surface area contributed by atoms with Gasteiger partial charge >= 0.3 is 0 Å². The number of hydrogen-bond acceptors (Lipinski definition) is 4. The second-order valence-electron chi connectivity index (χ2n) is 3.77. The quantitative estimate of drug-likeness (QED) is 0.839. The lowest BCUT2D eigenvalue weighted by Gasteiger charge is -2.10. The standard InChI is InChI=1S/C12H12ClN3O/c1-8(2)17-10-5-9(6-14-7-10)11-12(13)16-4-3-15-11/h3-8H,1-2H3. The van der Waals surface area contributed by atoms with Crippen LogP contribution in [0.5, 0.6) is 5.75 Å². The van der Waals surface area contributed by atoms with Gasteiger partial charge in [-0.15, -0.1) is 0 Å². The monoisotopic (exact) mass is 249 g/mol. The second kappa shape index (κ2) is 5.10. The van der Waals surface area contributed by atoms with Gasteiger partial charge in [-0.1, -0.05) is 11.6 Å². The molecule has 0 aliphatic rings. The maximum absolute atomic E-state index is 5.97. The van der Waals surface area contributed by atoms with E-state index in [2.05, 4.69) is 15.0 Å². The zero-order chi connectivity index (χ0) is 12.3. The summed E-state index contributed by atoms with van der Waals surface area (Å²) in [5, 5.41) is 0.357. The SMILES string of the molecule is CC(C)Oc1cncc(-c2nccnc2Cl)c1. The molecule has 0 radical (unpaired) electrons. The van der Waals surface area contributed by atoms with E-state index in [1.165, 1.54) is 0 Å². The lowest BCUT2D eigenvalue weighted by Crippen LogP contribution is -2.05. The van der Waals surface area contributed by atoms with Gasteiger partial charge in [0.25, 0.3) is 0 Å². The number of rotatable bonds is 3. The molecule has 17 heavy (non-hydrogen) atoms. The van der Waals surface area contributed by atoms with Crippen LogP contribution < -0.4 is 4.74 Å². The Balaban J connectivity index is 2.37. The van der Waals surface area contributed by atoms with Crippen LogP contribution in [0.4, 0.5) is 0 Å². The smallest absolute Gasteiger partial charge is 0.155 e. The minimum atomic E-state index is 0.101. The molecule has 5 heteroatoms. The maximum Gasteiger partial charge on any atom is 0.155 e. The fourth-order valence-corrected chi connectivity index (χ4v) is 1.61. The number of pyridine rings is 1. The van der Waals surface area contributed by atoms with Gasteiger partial charge in [0, 0.05) is 24.2 Å². The van der Waals surface area contributed by atoms with Crippen LogP contribution in [0.15, 0.2) is 30.9 Å². The average Bonchev–Trinajstić information content (AvgIpc) is 2.29. The topological polar surface area (TPSA) is 47.9 Å². The second-order valence-corrected chi connectivity index (χ2v) is 4.13. The van der Waals surface area contributed by atoms with Gasteiger partial charge in [0.05, 0.1) is 12.3 Å². The first-order valence-corrected chi connectivity index (χ1v) is 5.63. The normalized spacial score (nSPS) is 10.6. The molecule has 0 fully saturated rings. The van der Waals surface area contributed by atoms with E-state index in [1.54, 1.807) is 24.8 Å². The minimum Gasteiger partial charge on any atom is -0.489 e. The third kappa shape index (κ3) is 2.91. The van der Waals surface area contributed by atoms with Gasteiger partial charge in [0.15, 0.2) is 5.15 Å². The molecule has 0 N–H and O–H groups in total. The summed E-state index contributed by atoms with van der Waals surface area (Å²) in [5.74, 6) is 0.694. The Morgan fingerprint density at radius 2 is 1.94 bits per heavy atom. The van der Waals surface area contributed by atoms with Crippen molar-refractivity contribution in [3.63, 3.8) is 0 Å². The van der Waals surface area contributed by atoms with Crippen molar-refractivity contribution in [2.24, 2.45) is 0 Å². The molecular formula is C12H12ClN3O. The van der Waals surface area contributed by atoms with Crippen molar-refractivity contribution in [3.05, 3.63) is 36.0 Å². The maximum atomic E-state index is 5.97. The fraction of sp³-hybridized carbons (Fsp3) is 0.250. The van der Waals surface area contributed by atoms with Crippen LogP contribution in [0, 0.1) is 0 Å². The van der Waals surface area contributed by atoms with E-state index in [1.807, 2.05) is 19.9 Å². The Bertz CT molecular complexity index is 517. The summed E-state index contributed by atoms with van der Waals surface area (Å²) in [5.41, 5.74) is 1.40. The van der Waals surface area contributed by atoms with E-state index in [0.29, 0.717) is 16.6 Å². The minimum absolute atomic E-state index is 0.101. The lowest BCUT2D eigenvalue weighted by atomic mass is 10.2. The van der Waals surface area contributed by atoms with Crippen LogP contribution in [0.25, 0.3) is 11.3 Å². The van der Waals surface area contributed by atoms with Gasteiger partial charge < -0.3 is 4.74 Å². The van der Waals surface area contributed by atoms with E-state index in [-0.39, 0.29) is 6.10 Å². The van der Waals surface area contributed by atoms with Crippen LogP contribution in [0.1, 0.15) is 13.8 Å². The highest BCUT2D eigenvalue weighted by Crippen LogP contribution is 2.25. The summed E-state index contributed by atoms with van der Waals surface area (Å²) in [7, 11) is 0. The molecule has 0 aliphatic heterocycles. The molecule has 0 atom stereocenters. The molecule has 2 rings (SSSR count). The molecular weight excluding hydrogens is 238 g/mol. The first kappa shape index (κ1) is 11.8. The molecule has 4 nitrogen and oxygen atoms in total. The summed E-state index contributed by atoms with van der Waals surface area (Å²) in [6.07, 6.45) is 6.59. The zero-order valence-electron chi connectivity index (χ0n) is 9.59. The van der Waals surface area contributed by atoms with Crippen molar-refractivity contribution in [2.75, 3.05) is 0 Å². The van der Waals surface area contributed by atoms with Crippen molar-refractivity contribution < 1.29 is 4.74 Å². The number of nitrogens with zero attached hydrogens (tertiary/aromatic N) is 3. The van der Waals surface area contributed by atoms with E-state index in [9.17, 15) is 0 Å². The molecule has 0 saturated carbocycles. The lowest BCUT2D eigenvalue weighted by molar-refractivity contribution is 0.241. The summed E-state index contributed by atoms with van der Waals surface area (Å²) in [4.78, 5) is 12.3. The summed E-state index contributed by atoms with van der Waals surface area (Å²) >= 11 is 5.97. The number of hydrogen-bond donors (Lipinski definition) is 0. The Labute approximate surface area is 105 Å². The van der Waals surface area contributed by atoms with Crippen LogP contribution in [-0.4, -0.2) is 21.1 Å².